The van der Waals surface area contributed by atoms with Gasteiger partial charge in [0, 0.05) is 23.7 Å². The molecule has 2 fully saturated rings. The van der Waals surface area contributed by atoms with Crippen molar-refractivity contribution in [3.63, 3.8) is 0 Å². The maximum atomic E-state index is 13.0. The van der Waals surface area contributed by atoms with E-state index in [9.17, 15) is 14.4 Å². The lowest BCUT2D eigenvalue weighted by molar-refractivity contribution is -0.133. The van der Waals surface area contributed by atoms with E-state index in [4.69, 9.17) is 11.6 Å². The molecular formula is C21H20ClN3O3. The van der Waals surface area contributed by atoms with Gasteiger partial charge in [-0.25, -0.2) is 4.79 Å². The van der Waals surface area contributed by atoms with Gasteiger partial charge in [-0.1, -0.05) is 41.9 Å². The summed E-state index contributed by atoms with van der Waals surface area (Å²) in [5.41, 5.74) is 0.544. The first-order chi connectivity index (χ1) is 13.5. The zero-order valence-electron chi connectivity index (χ0n) is 15.2. The first kappa shape index (κ1) is 18.5. The lowest BCUT2D eigenvalue weighted by atomic mass is 9.87. The number of piperidine rings is 1. The molecule has 4 amide bonds. The first-order valence-electron chi connectivity index (χ1n) is 9.21. The lowest BCUT2D eigenvalue weighted by Crippen LogP contribution is -2.55. The van der Waals surface area contributed by atoms with E-state index in [1.54, 1.807) is 41.3 Å². The van der Waals surface area contributed by atoms with Crippen molar-refractivity contribution in [1.29, 1.82) is 0 Å². The SMILES string of the molecule is O=C(c1ccccc1)N1CCC2(CC1)NC(=O)N(Cc1ccc(Cl)cc1)C2=O. The van der Waals surface area contributed by atoms with E-state index in [-0.39, 0.29) is 24.4 Å². The quantitative estimate of drug-likeness (QED) is 0.809. The lowest BCUT2D eigenvalue weighted by Gasteiger charge is -2.37. The van der Waals surface area contributed by atoms with Gasteiger partial charge >= 0.3 is 6.03 Å². The number of carbonyl (C=O) groups excluding carboxylic acids is 3. The zero-order chi connectivity index (χ0) is 19.7. The summed E-state index contributed by atoms with van der Waals surface area (Å²) in [7, 11) is 0. The molecule has 2 aliphatic rings. The molecule has 6 nitrogen and oxygen atoms in total. The number of hydrogen-bond donors (Lipinski definition) is 1. The summed E-state index contributed by atoms with van der Waals surface area (Å²) in [4.78, 5) is 41.1. The fourth-order valence-corrected chi connectivity index (χ4v) is 3.91. The Morgan fingerprint density at radius 1 is 1.00 bits per heavy atom. The number of rotatable bonds is 3. The Labute approximate surface area is 168 Å². The number of nitrogens with zero attached hydrogens (tertiary/aromatic N) is 2. The Bertz CT molecular complexity index is 906. The standard InChI is InChI=1S/C21H20ClN3O3/c22-17-8-6-15(7-9-17)14-25-19(27)21(23-20(25)28)10-12-24(13-11-21)18(26)16-4-2-1-3-5-16/h1-9H,10-14H2,(H,23,28). The highest BCUT2D eigenvalue weighted by Crippen LogP contribution is 2.31. The molecule has 0 bridgehead atoms. The normalized spacial score (nSPS) is 18.5. The van der Waals surface area contributed by atoms with Crippen molar-refractivity contribution >= 4 is 29.4 Å². The van der Waals surface area contributed by atoms with Gasteiger partial charge in [-0.2, -0.15) is 0 Å². The van der Waals surface area contributed by atoms with Crippen molar-refractivity contribution in [3.8, 4) is 0 Å². The van der Waals surface area contributed by atoms with E-state index >= 15 is 0 Å². The van der Waals surface area contributed by atoms with Crippen molar-refractivity contribution in [2.45, 2.75) is 24.9 Å². The number of carbonyl (C=O) groups is 3. The van der Waals surface area contributed by atoms with Crippen LogP contribution in [0.3, 0.4) is 0 Å². The van der Waals surface area contributed by atoms with Crippen molar-refractivity contribution in [3.05, 3.63) is 70.7 Å². The number of imide groups is 1. The number of urea groups is 1. The summed E-state index contributed by atoms with van der Waals surface area (Å²) in [6.07, 6.45) is 0.820. The second-order valence-electron chi connectivity index (χ2n) is 7.19. The molecular weight excluding hydrogens is 378 g/mol. The molecule has 0 aromatic heterocycles. The highest BCUT2D eigenvalue weighted by Gasteiger charge is 2.52. The molecule has 1 spiro atoms. The average molecular weight is 398 g/mol. The van der Waals surface area contributed by atoms with Crippen molar-refractivity contribution in [2.75, 3.05) is 13.1 Å². The Morgan fingerprint density at radius 2 is 1.64 bits per heavy atom. The van der Waals surface area contributed by atoms with E-state index in [2.05, 4.69) is 5.32 Å². The fourth-order valence-electron chi connectivity index (χ4n) is 3.79. The first-order valence-corrected chi connectivity index (χ1v) is 9.59. The number of benzene rings is 2. The molecule has 2 saturated heterocycles. The molecule has 0 saturated carbocycles. The second-order valence-corrected chi connectivity index (χ2v) is 7.62. The monoisotopic (exact) mass is 397 g/mol. The van der Waals surface area contributed by atoms with Gasteiger partial charge in [0.1, 0.15) is 5.54 Å². The van der Waals surface area contributed by atoms with E-state index in [0.29, 0.717) is 36.5 Å². The van der Waals surface area contributed by atoms with E-state index in [1.807, 2.05) is 18.2 Å². The minimum Gasteiger partial charge on any atom is -0.338 e. The Morgan fingerprint density at radius 3 is 2.29 bits per heavy atom. The molecule has 7 heteroatoms. The minimum atomic E-state index is -0.920. The Kier molecular flexibility index (Phi) is 4.81. The van der Waals surface area contributed by atoms with Crippen LogP contribution >= 0.6 is 11.6 Å². The van der Waals surface area contributed by atoms with Gasteiger partial charge in [-0.05, 0) is 42.7 Å². The number of amides is 4. The van der Waals surface area contributed by atoms with Gasteiger partial charge in [0.15, 0.2) is 0 Å². The van der Waals surface area contributed by atoms with Crippen LogP contribution in [0.5, 0.6) is 0 Å². The van der Waals surface area contributed by atoms with Gasteiger partial charge in [0.05, 0.1) is 6.54 Å². The summed E-state index contributed by atoms with van der Waals surface area (Å²) in [6, 6.07) is 15.8. The Hall–Kier alpha value is -2.86. The second kappa shape index (κ2) is 7.28. The summed E-state index contributed by atoms with van der Waals surface area (Å²) in [5.74, 6) is -0.274. The summed E-state index contributed by atoms with van der Waals surface area (Å²) < 4.78 is 0. The molecule has 0 atom stereocenters. The predicted octanol–water partition coefficient (Wildman–Crippen LogP) is 3.07. The van der Waals surface area contributed by atoms with E-state index in [1.165, 1.54) is 4.90 Å². The van der Waals surface area contributed by atoms with Crippen LogP contribution in [0.15, 0.2) is 54.6 Å². The van der Waals surface area contributed by atoms with E-state index in [0.717, 1.165) is 5.56 Å². The molecule has 0 unspecified atom stereocenters. The van der Waals surface area contributed by atoms with Crippen LogP contribution in [0.25, 0.3) is 0 Å². The molecule has 2 aliphatic heterocycles. The van der Waals surface area contributed by atoms with Crippen LogP contribution in [-0.2, 0) is 11.3 Å². The number of halogens is 1. The number of nitrogens with one attached hydrogen (secondary N) is 1. The molecule has 144 valence electrons. The molecule has 2 aromatic carbocycles. The number of likely N-dealkylation sites (tertiary alicyclic amines) is 1. The molecule has 1 N–H and O–H groups in total. The highest BCUT2D eigenvalue weighted by molar-refractivity contribution is 6.30. The summed E-state index contributed by atoms with van der Waals surface area (Å²) >= 11 is 5.89. The predicted molar refractivity (Wildman–Crippen MR) is 105 cm³/mol. The molecule has 4 rings (SSSR count). The largest absolute Gasteiger partial charge is 0.338 e. The molecule has 0 aliphatic carbocycles. The minimum absolute atomic E-state index is 0.0507. The van der Waals surface area contributed by atoms with Crippen molar-refractivity contribution in [1.82, 2.24) is 15.1 Å². The number of hydrogen-bond acceptors (Lipinski definition) is 3. The summed E-state index contributed by atoms with van der Waals surface area (Å²) in [5, 5.41) is 3.48. The van der Waals surface area contributed by atoms with Crippen LogP contribution in [0.1, 0.15) is 28.8 Å². The molecule has 2 aromatic rings. The zero-order valence-corrected chi connectivity index (χ0v) is 16.0. The average Bonchev–Trinajstić information content (AvgIpc) is 2.94. The van der Waals surface area contributed by atoms with Gasteiger partial charge in [0.2, 0.25) is 0 Å². The van der Waals surface area contributed by atoms with Crippen molar-refractivity contribution in [2.24, 2.45) is 0 Å². The maximum absolute atomic E-state index is 13.0. The smallest absolute Gasteiger partial charge is 0.325 e. The topological polar surface area (TPSA) is 69.7 Å². The van der Waals surface area contributed by atoms with Gasteiger partial charge in [-0.15, -0.1) is 0 Å². The van der Waals surface area contributed by atoms with Gasteiger partial charge in [-0.3, -0.25) is 14.5 Å². The third-order valence-corrected chi connectivity index (χ3v) is 5.68. The molecule has 28 heavy (non-hydrogen) atoms. The fraction of sp³-hybridized carbons (Fsp3) is 0.286. The Balaban J connectivity index is 1.44. The van der Waals surface area contributed by atoms with E-state index < -0.39 is 5.54 Å². The summed E-state index contributed by atoms with van der Waals surface area (Å²) in [6.45, 7) is 1.05. The highest BCUT2D eigenvalue weighted by atomic mass is 35.5. The molecule has 0 radical (unpaired) electrons. The van der Waals surface area contributed by atoms with Crippen molar-refractivity contribution < 1.29 is 14.4 Å². The van der Waals surface area contributed by atoms with Crippen LogP contribution in [0.4, 0.5) is 4.79 Å². The van der Waals surface area contributed by atoms with Crippen LogP contribution < -0.4 is 5.32 Å². The van der Waals surface area contributed by atoms with Gasteiger partial charge in [0.25, 0.3) is 11.8 Å². The van der Waals surface area contributed by atoms with Crippen LogP contribution in [-0.4, -0.2) is 46.3 Å². The third kappa shape index (κ3) is 3.36. The van der Waals surface area contributed by atoms with Gasteiger partial charge < -0.3 is 10.2 Å². The van der Waals surface area contributed by atoms with Crippen LogP contribution in [0, 0.1) is 0 Å². The molecule has 2 heterocycles. The van der Waals surface area contributed by atoms with Crippen LogP contribution in [0.2, 0.25) is 5.02 Å². The third-order valence-electron chi connectivity index (χ3n) is 5.42. The maximum Gasteiger partial charge on any atom is 0.325 e.